The second kappa shape index (κ2) is 4.97. The van der Waals surface area contributed by atoms with E-state index in [9.17, 15) is 4.79 Å². The Hall–Kier alpha value is -1.95. The molecule has 2 heterocycles. The van der Waals surface area contributed by atoms with Gasteiger partial charge in [-0.05, 0) is 18.1 Å². The van der Waals surface area contributed by atoms with Gasteiger partial charge < -0.3 is 24.3 Å². The summed E-state index contributed by atoms with van der Waals surface area (Å²) in [5, 5.41) is 2.41. The highest BCUT2D eigenvalue weighted by Crippen LogP contribution is 2.43. The zero-order chi connectivity index (χ0) is 13.2. The Morgan fingerprint density at radius 3 is 3.21 bits per heavy atom. The van der Waals surface area contributed by atoms with Crippen molar-refractivity contribution in [3.8, 4) is 11.5 Å². The lowest BCUT2D eigenvalue weighted by atomic mass is 9.96. The average Bonchev–Trinajstić information content (AvgIpc) is 2.92. The standard InChI is InChI=1S/C13H15NO5/c1-14-13(15)17-6-10-11-8(4-5-16-10)2-3-9-12(11)19-7-18-9/h2-3,10H,4-7H2,1H3,(H,14,15). The molecule has 0 bridgehead atoms. The van der Waals surface area contributed by atoms with Crippen LogP contribution >= 0.6 is 0 Å². The minimum Gasteiger partial charge on any atom is -0.454 e. The molecule has 0 fully saturated rings. The third-order valence-electron chi connectivity index (χ3n) is 3.25. The normalized spacial score (nSPS) is 19.7. The fourth-order valence-corrected chi connectivity index (χ4v) is 2.36. The van der Waals surface area contributed by atoms with Crippen molar-refractivity contribution >= 4 is 6.09 Å². The van der Waals surface area contributed by atoms with E-state index < -0.39 is 6.09 Å². The molecule has 1 aromatic rings. The first kappa shape index (κ1) is 12.1. The molecule has 0 saturated heterocycles. The number of carbonyl (C=O) groups is 1. The number of fused-ring (bicyclic) bond motifs is 3. The third-order valence-corrected chi connectivity index (χ3v) is 3.25. The van der Waals surface area contributed by atoms with Crippen molar-refractivity contribution < 1.29 is 23.7 Å². The Morgan fingerprint density at radius 1 is 1.47 bits per heavy atom. The molecule has 6 nitrogen and oxygen atoms in total. The van der Waals surface area contributed by atoms with Gasteiger partial charge in [0.25, 0.3) is 0 Å². The molecular weight excluding hydrogens is 250 g/mol. The Kier molecular flexibility index (Phi) is 3.16. The number of alkyl carbamates (subject to hydrolysis) is 1. The van der Waals surface area contributed by atoms with E-state index in [1.54, 1.807) is 0 Å². The fourth-order valence-electron chi connectivity index (χ4n) is 2.36. The van der Waals surface area contributed by atoms with Crippen molar-refractivity contribution in [2.24, 2.45) is 0 Å². The predicted octanol–water partition coefficient (Wildman–Crippen LogP) is 1.39. The first-order valence-corrected chi connectivity index (χ1v) is 6.17. The molecule has 1 amide bonds. The summed E-state index contributed by atoms with van der Waals surface area (Å²) in [7, 11) is 1.52. The number of benzene rings is 1. The molecule has 1 aromatic carbocycles. The maximum Gasteiger partial charge on any atom is 0.406 e. The van der Waals surface area contributed by atoms with E-state index in [1.807, 2.05) is 12.1 Å². The number of amides is 1. The Bertz CT molecular complexity index is 502. The molecular formula is C13H15NO5. The quantitative estimate of drug-likeness (QED) is 0.875. The van der Waals surface area contributed by atoms with E-state index in [-0.39, 0.29) is 19.5 Å². The lowest BCUT2D eigenvalue weighted by Gasteiger charge is -2.26. The molecule has 1 atom stereocenters. The van der Waals surface area contributed by atoms with Gasteiger partial charge in [0, 0.05) is 12.6 Å². The molecule has 1 unspecified atom stereocenters. The highest BCUT2D eigenvalue weighted by molar-refractivity contribution is 5.66. The fraction of sp³-hybridized carbons (Fsp3) is 0.462. The van der Waals surface area contributed by atoms with Gasteiger partial charge in [0.15, 0.2) is 11.5 Å². The Morgan fingerprint density at radius 2 is 2.37 bits per heavy atom. The Balaban J connectivity index is 1.86. The van der Waals surface area contributed by atoms with Gasteiger partial charge in [-0.1, -0.05) is 6.07 Å². The van der Waals surface area contributed by atoms with Crippen molar-refractivity contribution in [3.63, 3.8) is 0 Å². The zero-order valence-corrected chi connectivity index (χ0v) is 10.6. The second-order valence-electron chi connectivity index (χ2n) is 4.33. The minimum atomic E-state index is -0.472. The summed E-state index contributed by atoms with van der Waals surface area (Å²) >= 11 is 0. The van der Waals surface area contributed by atoms with Crippen LogP contribution in [0.4, 0.5) is 4.79 Å². The molecule has 19 heavy (non-hydrogen) atoms. The summed E-state index contributed by atoms with van der Waals surface area (Å²) < 4.78 is 21.6. The molecule has 2 aliphatic rings. The largest absolute Gasteiger partial charge is 0.454 e. The second-order valence-corrected chi connectivity index (χ2v) is 4.33. The molecule has 1 N–H and O–H groups in total. The van der Waals surface area contributed by atoms with Gasteiger partial charge in [-0.2, -0.15) is 0 Å². The topological polar surface area (TPSA) is 66.0 Å². The zero-order valence-electron chi connectivity index (χ0n) is 10.6. The van der Waals surface area contributed by atoms with E-state index in [1.165, 1.54) is 7.05 Å². The van der Waals surface area contributed by atoms with Crippen LogP contribution in [0.5, 0.6) is 11.5 Å². The third kappa shape index (κ3) is 2.19. The molecule has 0 aromatic heterocycles. The summed E-state index contributed by atoms with van der Waals surface area (Å²) in [5.74, 6) is 1.43. The number of carbonyl (C=O) groups excluding carboxylic acids is 1. The van der Waals surface area contributed by atoms with Crippen molar-refractivity contribution in [1.29, 1.82) is 0 Å². The average molecular weight is 265 g/mol. The van der Waals surface area contributed by atoms with E-state index in [0.29, 0.717) is 18.1 Å². The molecule has 6 heteroatoms. The maximum absolute atomic E-state index is 11.2. The highest BCUT2D eigenvalue weighted by Gasteiger charge is 2.30. The van der Waals surface area contributed by atoms with E-state index in [0.717, 1.165) is 17.5 Å². The van der Waals surface area contributed by atoms with E-state index >= 15 is 0 Å². The van der Waals surface area contributed by atoms with Crippen LogP contribution in [-0.4, -0.2) is 33.1 Å². The molecule has 0 spiro atoms. The van der Waals surface area contributed by atoms with Crippen LogP contribution in [0.15, 0.2) is 12.1 Å². The van der Waals surface area contributed by atoms with Gasteiger partial charge in [-0.15, -0.1) is 0 Å². The highest BCUT2D eigenvalue weighted by atomic mass is 16.7. The number of nitrogens with one attached hydrogen (secondary N) is 1. The van der Waals surface area contributed by atoms with Gasteiger partial charge in [-0.3, -0.25) is 0 Å². The molecule has 0 saturated carbocycles. The van der Waals surface area contributed by atoms with Crippen molar-refractivity contribution in [2.45, 2.75) is 12.5 Å². The summed E-state index contributed by atoms with van der Waals surface area (Å²) in [6.45, 7) is 0.982. The molecule has 0 radical (unpaired) electrons. The van der Waals surface area contributed by atoms with Crippen LogP contribution in [0, 0.1) is 0 Å². The van der Waals surface area contributed by atoms with Crippen LogP contribution in [-0.2, 0) is 15.9 Å². The lowest BCUT2D eigenvalue weighted by Crippen LogP contribution is -2.26. The number of rotatable bonds is 2. The SMILES string of the molecule is CNC(=O)OCC1OCCc2ccc3c(c21)OCO3. The van der Waals surface area contributed by atoms with Gasteiger partial charge in [0.05, 0.1) is 6.61 Å². The van der Waals surface area contributed by atoms with Crippen molar-refractivity contribution in [3.05, 3.63) is 23.3 Å². The minimum absolute atomic E-state index is 0.159. The molecule has 3 rings (SSSR count). The molecule has 2 aliphatic heterocycles. The Labute approximate surface area is 110 Å². The first-order valence-electron chi connectivity index (χ1n) is 6.17. The van der Waals surface area contributed by atoms with Crippen LogP contribution in [0.1, 0.15) is 17.2 Å². The van der Waals surface area contributed by atoms with Crippen LogP contribution in [0.3, 0.4) is 0 Å². The van der Waals surface area contributed by atoms with Gasteiger partial charge in [0.2, 0.25) is 6.79 Å². The number of hydrogen-bond donors (Lipinski definition) is 1. The predicted molar refractivity (Wildman–Crippen MR) is 65.4 cm³/mol. The van der Waals surface area contributed by atoms with Crippen molar-refractivity contribution in [2.75, 3.05) is 27.1 Å². The first-order chi connectivity index (χ1) is 9.29. The van der Waals surface area contributed by atoms with Crippen LogP contribution < -0.4 is 14.8 Å². The van der Waals surface area contributed by atoms with Gasteiger partial charge in [0.1, 0.15) is 12.7 Å². The van der Waals surface area contributed by atoms with Gasteiger partial charge in [-0.25, -0.2) is 4.79 Å². The summed E-state index contributed by atoms with van der Waals surface area (Å²) in [6, 6.07) is 3.92. The number of hydrogen-bond acceptors (Lipinski definition) is 5. The smallest absolute Gasteiger partial charge is 0.406 e. The van der Waals surface area contributed by atoms with E-state index in [2.05, 4.69) is 5.32 Å². The monoisotopic (exact) mass is 265 g/mol. The summed E-state index contributed by atoms with van der Waals surface area (Å²) in [4.78, 5) is 11.2. The number of ether oxygens (including phenoxy) is 4. The van der Waals surface area contributed by atoms with Crippen LogP contribution in [0.2, 0.25) is 0 Å². The van der Waals surface area contributed by atoms with Gasteiger partial charge >= 0.3 is 6.09 Å². The lowest BCUT2D eigenvalue weighted by molar-refractivity contribution is -0.00510. The summed E-state index contributed by atoms with van der Waals surface area (Å²) in [5.41, 5.74) is 2.09. The molecule has 102 valence electrons. The summed E-state index contributed by atoms with van der Waals surface area (Å²) in [6.07, 6.45) is 0.0424. The van der Waals surface area contributed by atoms with Crippen LogP contribution in [0.25, 0.3) is 0 Å². The molecule has 0 aliphatic carbocycles. The maximum atomic E-state index is 11.2. The van der Waals surface area contributed by atoms with E-state index in [4.69, 9.17) is 18.9 Å². The van der Waals surface area contributed by atoms with Crippen molar-refractivity contribution in [1.82, 2.24) is 5.32 Å².